The van der Waals surface area contributed by atoms with Crippen LogP contribution in [0.3, 0.4) is 0 Å². The lowest BCUT2D eigenvalue weighted by Crippen LogP contribution is -2.19. The van der Waals surface area contributed by atoms with Gasteiger partial charge in [-0.1, -0.05) is 12.1 Å². The number of anilines is 1. The number of nitrogens with one attached hydrogen (secondary N) is 1. The molecular weight excluding hydrogens is 423 g/mol. The first-order valence-corrected chi connectivity index (χ1v) is 10.3. The highest BCUT2D eigenvalue weighted by atomic mass is 19.4. The Balaban J connectivity index is 1.71. The van der Waals surface area contributed by atoms with E-state index in [0.29, 0.717) is 59.4 Å². The van der Waals surface area contributed by atoms with Crippen LogP contribution >= 0.6 is 0 Å². The summed E-state index contributed by atoms with van der Waals surface area (Å²) in [4.78, 5) is 9.00. The van der Waals surface area contributed by atoms with Gasteiger partial charge >= 0.3 is 6.18 Å². The Morgan fingerprint density at radius 3 is 2.69 bits per heavy atom. The lowest BCUT2D eigenvalue weighted by atomic mass is 10.0. The summed E-state index contributed by atoms with van der Waals surface area (Å²) < 4.78 is 56.7. The Labute approximate surface area is 183 Å². The molecule has 0 aliphatic carbocycles. The lowest BCUT2D eigenvalue weighted by Gasteiger charge is -2.20. The largest absolute Gasteiger partial charge is 0.487 e. The van der Waals surface area contributed by atoms with Crippen LogP contribution in [0.15, 0.2) is 36.4 Å². The second-order valence-electron chi connectivity index (χ2n) is 7.78. The van der Waals surface area contributed by atoms with Crippen molar-refractivity contribution in [2.45, 2.75) is 39.1 Å². The van der Waals surface area contributed by atoms with Crippen LogP contribution in [0.5, 0.6) is 11.5 Å². The molecule has 3 aromatic rings. The summed E-state index contributed by atoms with van der Waals surface area (Å²) in [6.45, 7) is 6.72. The Kier molecular flexibility index (Phi) is 6.10. The molecule has 4 rings (SSSR count). The van der Waals surface area contributed by atoms with Gasteiger partial charge in [0, 0.05) is 17.5 Å². The van der Waals surface area contributed by atoms with Crippen LogP contribution in [0.1, 0.15) is 36.8 Å². The summed E-state index contributed by atoms with van der Waals surface area (Å²) in [5, 5.41) is 3.92. The van der Waals surface area contributed by atoms with E-state index in [1.165, 1.54) is 6.07 Å². The van der Waals surface area contributed by atoms with E-state index in [4.69, 9.17) is 14.2 Å². The molecule has 9 heteroatoms. The molecule has 0 fully saturated rings. The smallest absolute Gasteiger partial charge is 0.416 e. The molecule has 1 aliphatic heterocycles. The predicted molar refractivity (Wildman–Crippen MR) is 114 cm³/mol. The number of ether oxygens (including phenoxy) is 3. The lowest BCUT2D eigenvalue weighted by molar-refractivity contribution is -0.137. The third-order valence-electron chi connectivity index (χ3n) is 5.11. The molecule has 0 bridgehead atoms. The third-order valence-corrected chi connectivity index (χ3v) is 5.11. The van der Waals surface area contributed by atoms with Gasteiger partial charge in [0.05, 0.1) is 24.3 Å². The van der Waals surface area contributed by atoms with E-state index in [-0.39, 0.29) is 6.10 Å². The van der Waals surface area contributed by atoms with E-state index in [1.807, 2.05) is 6.92 Å². The Hall–Kier alpha value is -3.07. The summed E-state index contributed by atoms with van der Waals surface area (Å²) in [5.74, 6) is 2.13. The first-order chi connectivity index (χ1) is 15.2. The minimum Gasteiger partial charge on any atom is -0.487 e. The average molecular weight is 447 g/mol. The van der Waals surface area contributed by atoms with Crippen molar-refractivity contribution in [3.05, 3.63) is 53.3 Å². The topological polar surface area (TPSA) is 65.5 Å². The molecule has 2 aromatic carbocycles. The molecule has 32 heavy (non-hydrogen) atoms. The number of halogens is 3. The monoisotopic (exact) mass is 447 g/mol. The fourth-order valence-electron chi connectivity index (χ4n) is 3.55. The number of fused-ring (bicyclic) bond motifs is 2. The maximum absolute atomic E-state index is 13.1. The molecular formula is C23H24F3N3O3. The zero-order valence-electron chi connectivity index (χ0n) is 18.0. The highest BCUT2D eigenvalue weighted by Gasteiger charge is 2.30. The molecule has 0 radical (unpaired) electrons. The Bertz CT molecular complexity index is 1120. The zero-order valence-corrected chi connectivity index (χ0v) is 18.0. The van der Waals surface area contributed by atoms with Gasteiger partial charge in [0.25, 0.3) is 0 Å². The van der Waals surface area contributed by atoms with Crippen molar-refractivity contribution in [3.8, 4) is 11.5 Å². The highest BCUT2D eigenvalue weighted by molar-refractivity contribution is 5.92. The third kappa shape index (κ3) is 4.88. The highest BCUT2D eigenvalue weighted by Crippen LogP contribution is 2.37. The summed E-state index contributed by atoms with van der Waals surface area (Å²) in [5.41, 5.74) is 0.454. The molecule has 170 valence electrons. The normalized spacial score (nSPS) is 17.9. The molecule has 2 atom stereocenters. The maximum Gasteiger partial charge on any atom is 0.416 e. The Morgan fingerprint density at radius 2 is 1.91 bits per heavy atom. The quantitative estimate of drug-likeness (QED) is 0.587. The van der Waals surface area contributed by atoms with Crippen molar-refractivity contribution in [1.29, 1.82) is 0 Å². The van der Waals surface area contributed by atoms with Crippen LogP contribution in [0.4, 0.5) is 19.0 Å². The first-order valence-electron chi connectivity index (χ1n) is 10.3. The number of hydrogen-bond acceptors (Lipinski definition) is 6. The van der Waals surface area contributed by atoms with Gasteiger partial charge < -0.3 is 19.5 Å². The molecule has 0 saturated carbocycles. The van der Waals surface area contributed by atoms with Crippen molar-refractivity contribution in [2.75, 3.05) is 25.1 Å². The molecule has 0 amide bonds. The van der Waals surface area contributed by atoms with E-state index in [9.17, 15) is 13.2 Å². The van der Waals surface area contributed by atoms with Crippen LogP contribution in [-0.2, 0) is 10.9 Å². The van der Waals surface area contributed by atoms with Gasteiger partial charge in [-0.25, -0.2) is 9.97 Å². The zero-order chi connectivity index (χ0) is 22.9. The molecule has 1 unspecified atom stereocenters. The van der Waals surface area contributed by atoms with Crippen LogP contribution in [0, 0.1) is 6.92 Å². The van der Waals surface area contributed by atoms with E-state index >= 15 is 0 Å². The van der Waals surface area contributed by atoms with Gasteiger partial charge in [0.15, 0.2) is 11.5 Å². The fraction of sp³-hybridized carbons (Fsp3) is 0.391. The number of benzene rings is 2. The van der Waals surface area contributed by atoms with Gasteiger partial charge in [-0.05, 0) is 44.5 Å². The van der Waals surface area contributed by atoms with Gasteiger partial charge in [-0.15, -0.1) is 0 Å². The van der Waals surface area contributed by atoms with E-state index in [2.05, 4.69) is 15.3 Å². The average Bonchev–Trinajstić information content (AvgIpc) is 2.81. The summed E-state index contributed by atoms with van der Waals surface area (Å²) in [6.07, 6.45) is -4.58. The molecule has 0 saturated heterocycles. The minimum atomic E-state index is -4.40. The first kappa shape index (κ1) is 22.1. The predicted octanol–water partition coefficient (Wildman–Crippen LogP) is 5.31. The Morgan fingerprint density at radius 1 is 1.09 bits per heavy atom. The SMILES string of the molecule is Cc1nc(NC(C)c2cccc(C(F)(F)F)c2)c2cc3c(cc2n1)OCCOC[C@H](C)O3. The van der Waals surface area contributed by atoms with Gasteiger partial charge in [-0.2, -0.15) is 13.2 Å². The molecule has 2 heterocycles. The minimum absolute atomic E-state index is 0.181. The van der Waals surface area contributed by atoms with Crippen molar-refractivity contribution in [3.63, 3.8) is 0 Å². The fourth-order valence-corrected chi connectivity index (χ4v) is 3.55. The summed E-state index contributed by atoms with van der Waals surface area (Å²) in [7, 11) is 0. The molecule has 6 nitrogen and oxygen atoms in total. The van der Waals surface area contributed by atoms with Gasteiger partial charge in [-0.3, -0.25) is 0 Å². The van der Waals surface area contributed by atoms with E-state index < -0.39 is 17.8 Å². The number of aryl methyl sites for hydroxylation is 1. The van der Waals surface area contributed by atoms with Gasteiger partial charge in [0.2, 0.25) is 0 Å². The maximum atomic E-state index is 13.1. The van der Waals surface area contributed by atoms with Gasteiger partial charge in [0.1, 0.15) is 24.4 Å². The van der Waals surface area contributed by atoms with E-state index in [1.54, 1.807) is 32.0 Å². The van der Waals surface area contributed by atoms with Crippen LogP contribution < -0.4 is 14.8 Å². The molecule has 1 aliphatic rings. The number of alkyl halides is 3. The summed E-state index contributed by atoms with van der Waals surface area (Å²) >= 11 is 0. The van der Waals surface area contributed by atoms with Crippen molar-refractivity contribution in [1.82, 2.24) is 9.97 Å². The van der Waals surface area contributed by atoms with E-state index in [0.717, 1.165) is 12.1 Å². The standard InChI is InChI=1S/C23H24F3N3O3/c1-13-12-30-7-8-31-20-11-19-18(10-21(20)32-13)22(29-15(3)28-19)27-14(2)16-5-4-6-17(9-16)23(24,25)26/h4-6,9-11,13-14H,7-8,12H2,1-3H3,(H,27,28,29)/t13-,14?/m0/s1. The van der Waals surface area contributed by atoms with Crippen molar-refractivity contribution < 1.29 is 27.4 Å². The molecule has 0 spiro atoms. The number of rotatable bonds is 3. The van der Waals surface area contributed by atoms with Crippen molar-refractivity contribution >= 4 is 16.7 Å². The summed E-state index contributed by atoms with van der Waals surface area (Å²) in [6, 6.07) is 8.42. The second kappa shape index (κ2) is 8.82. The van der Waals surface area contributed by atoms with Crippen LogP contribution in [-0.4, -0.2) is 35.9 Å². The van der Waals surface area contributed by atoms with Crippen LogP contribution in [0.25, 0.3) is 10.9 Å². The number of hydrogen-bond donors (Lipinski definition) is 1. The number of aromatic nitrogens is 2. The second-order valence-corrected chi connectivity index (χ2v) is 7.78. The van der Waals surface area contributed by atoms with Crippen LogP contribution in [0.2, 0.25) is 0 Å². The molecule has 1 aromatic heterocycles. The number of nitrogens with zero attached hydrogens (tertiary/aromatic N) is 2. The van der Waals surface area contributed by atoms with Crippen molar-refractivity contribution in [2.24, 2.45) is 0 Å². The molecule has 1 N–H and O–H groups in total.